The standard InChI is InChI=1S/C15H17N3O2S/c19-18(20)13-8-6-11(7-9-13)14-10-16-15(21-14)17-12-4-2-1-3-5-12/h6-10,12H,1-5H2,(H,16,17). The zero-order valence-electron chi connectivity index (χ0n) is 11.6. The number of thiazole rings is 1. The first-order valence-electron chi connectivity index (χ1n) is 7.19. The van der Waals surface area contributed by atoms with E-state index < -0.39 is 0 Å². The van der Waals surface area contributed by atoms with Gasteiger partial charge in [0.15, 0.2) is 5.13 Å². The van der Waals surface area contributed by atoms with Crippen molar-refractivity contribution in [1.82, 2.24) is 4.98 Å². The van der Waals surface area contributed by atoms with Crippen molar-refractivity contribution in [2.45, 2.75) is 38.1 Å². The molecule has 0 bridgehead atoms. The van der Waals surface area contributed by atoms with E-state index in [0.29, 0.717) is 6.04 Å². The molecule has 5 nitrogen and oxygen atoms in total. The predicted octanol–water partition coefficient (Wildman–Crippen LogP) is 4.46. The molecular weight excluding hydrogens is 286 g/mol. The van der Waals surface area contributed by atoms with Crippen molar-refractivity contribution in [3.8, 4) is 10.4 Å². The van der Waals surface area contributed by atoms with Crippen LogP contribution in [-0.2, 0) is 0 Å². The molecule has 1 N–H and O–H groups in total. The minimum atomic E-state index is -0.382. The van der Waals surface area contributed by atoms with E-state index in [-0.39, 0.29) is 10.6 Å². The lowest BCUT2D eigenvalue weighted by Crippen LogP contribution is -2.21. The lowest BCUT2D eigenvalue weighted by Gasteiger charge is -2.22. The number of rotatable bonds is 4. The van der Waals surface area contributed by atoms with Gasteiger partial charge in [-0.15, -0.1) is 0 Å². The number of non-ortho nitro benzene ring substituents is 1. The van der Waals surface area contributed by atoms with Gasteiger partial charge in [-0.25, -0.2) is 4.98 Å². The van der Waals surface area contributed by atoms with E-state index in [2.05, 4.69) is 10.3 Å². The van der Waals surface area contributed by atoms with E-state index in [1.54, 1.807) is 23.5 Å². The van der Waals surface area contributed by atoms with Crippen LogP contribution in [0.2, 0.25) is 0 Å². The van der Waals surface area contributed by atoms with Gasteiger partial charge in [0.25, 0.3) is 5.69 Å². The highest BCUT2D eigenvalue weighted by Crippen LogP contribution is 2.31. The van der Waals surface area contributed by atoms with Gasteiger partial charge in [0.2, 0.25) is 0 Å². The maximum Gasteiger partial charge on any atom is 0.269 e. The number of anilines is 1. The molecule has 1 aromatic heterocycles. The Hall–Kier alpha value is -1.95. The molecule has 2 aromatic rings. The van der Waals surface area contributed by atoms with Crippen molar-refractivity contribution < 1.29 is 4.92 Å². The third-order valence-corrected chi connectivity index (χ3v) is 4.78. The number of nitrogens with one attached hydrogen (secondary N) is 1. The normalized spacial score (nSPS) is 15.8. The Balaban J connectivity index is 1.70. The monoisotopic (exact) mass is 303 g/mol. The molecule has 0 saturated heterocycles. The number of nitro benzene ring substituents is 1. The summed E-state index contributed by atoms with van der Waals surface area (Å²) in [5.41, 5.74) is 1.08. The first kappa shape index (κ1) is 14.0. The van der Waals surface area contributed by atoms with Crippen molar-refractivity contribution in [2.75, 3.05) is 5.32 Å². The molecule has 1 aliphatic carbocycles. The fraction of sp³-hybridized carbons (Fsp3) is 0.400. The number of nitrogens with zero attached hydrogens (tertiary/aromatic N) is 2. The molecule has 6 heteroatoms. The minimum Gasteiger partial charge on any atom is -0.359 e. The maximum absolute atomic E-state index is 10.7. The van der Waals surface area contributed by atoms with Gasteiger partial charge in [0, 0.05) is 24.4 Å². The molecule has 0 unspecified atom stereocenters. The largest absolute Gasteiger partial charge is 0.359 e. The summed E-state index contributed by atoms with van der Waals surface area (Å²) < 4.78 is 0. The number of nitro groups is 1. The lowest BCUT2D eigenvalue weighted by molar-refractivity contribution is -0.384. The molecule has 1 heterocycles. The highest BCUT2D eigenvalue weighted by molar-refractivity contribution is 7.18. The third kappa shape index (κ3) is 3.39. The molecule has 3 rings (SSSR count). The molecule has 110 valence electrons. The quantitative estimate of drug-likeness (QED) is 0.668. The van der Waals surface area contributed by atoms with Gasteiger partial charge in [0.05, 0.1) is 9.80 Å². The molecule has 1 fully saturated rings. The molecule has 0 spiro atoms. The molecule has 0 radical (unpaired) electrons. The Morgan fingerprint density at radius 2 is 1.90 bits per heavy atom. The Bertz CT molecular complexity index is 618. The zero-order chi connectivity index (χ0) is 14.7. The average Bonchev–Trinajstić information content (AvgIpc) is 2.97. The molecule has 1 aromatic carbocycles. The van der Waals surface area contributed by atoms with Gasteiger partial charge < -0.3 is 5.32 Å². The van der Waals surface area contributed by atoms with Crippen LogP contribution in [0, 0.1) is 10.1 Å². The van der Waals surface area contributed by atoms with Gasteiger partial charge in [-0.3, -0.25) is 10.1 Å². The zero-order valence-corrected chi connectivity index (χ0v) is 12.4. The number of hydrogen-bond acceptors (Lipinski definition) is 5. The van der Waals surface area contributed by atoms with Crippen molar-refractivity contribution in [3.05, 3.63) is 40.6 Å². The van der Waals surface area contributed by atoms with Crippen LogP contribution in [0.4, 0.5) is 10.8 Å². The molecule has 0 amide bonds. The average molecular weight is 303 g/mol. The second kappa shape index (κ2) is 6.22. The first-order chi connectivity index (χ1) is 10.2. The second-order valence-corrected chi connectivity index (χ2v) is 6.34. The molecule has 1 saturated carbocycles. The first-order valence-corrected chi connectivity index (χ1v) is 8.01. The van der Waals surface area contributed by atoms with Crippen LogP contribution in [0.1, 0.15) is 32.1 Å². The van der Waals surface area contributed by atoms with Gasteiger partial charge >= 0.3 is 0 Å². The molecule has 21 heavy (non-hydrogen) atoms. The fourth-order valence-electron chi connectivity index (χ4n) is 2.64. The maximum atomic E-state index is 10.7. The lowest BCUT2D eigenvalue weighted by atomic mass is 9.96. The molecule has 0 atom stereocenters. The van der Waals surface area contributed by atoms with E-state index in [4.69, 9.17) is 0 Å². The van der Waals surface area contributed by atoms with Crippen molar-refractivity contribution in [1.29, 1.82) is 0 Å². The second-order valence-electron chi connectivity index (χ2n) is 5.31. The predicted molar refractivity (Wildman–Crippen MR) is 84.7 cm³/mol. The summed E-state index contributed by atoms with van der Waals surface area (Å²) in [4.78, 5) is 15.7. The Labute approximate surface area is 127 Å². The van der Waals surface area contributed by atoms with Gasteiger partial charge in [-0.1, -0.05) is 30.6 Å². The number of benzene rings is 1. The van der Waals surface area contributed by atoms with Gasteiger partial charge in [0.1, 0.15) is 0 Å². The Morgan fingerprint density at radius 1 is 1.19 bits per heavy atom. The van der Waals surface area contributed by atoms with Gasteiger partial charge in [-0.05, 0) is 30.5 Å². The molecule has 0 aliphatic heterocycles. The van der Waals surface area contributed by atoms with E-state index >= 15 is 0 Å². The summed E-state index contributed by atoms with van der Waals surface area (Å²) in [5.74, 6) is 0. The number of aromatic nitrogens is 1. The number of hydrogen-bond donors (Lipinski definition) is 1. The molecular formula is C15H17N3O2S. The topological polar surface area (TPSA) is 68.1 Å². The van der Waals surface area contributed by atoms with E-state index in [0.717, 1.165) is 15.6 Å². The highest BCUT2D eigenvalue weighted by atomic mass is 32.1. The third-order valence-electron chi connectivity index (χ3n) is 3.80. The van der Waals surface area contributed by atoms with Crippen LogP contribution < -0.4 is 5.32 Å². The molecule has 1 aliphatic rings. The fourth-order valence-corrected chi connectivity index (χ4v) is 3.54. The van der Waals surface area contributed by atoms with Crippen LogP contribution in [0.5, 0.6) is 0 Å². The van der Waals surface area contributed by atoms with E-state index in [1.807, 2.05) is 6.20 Å². The van der Waals surface area contributed by atoms with Crippen LogP contribution in [0.3, 0.4) is 0 Å². The summed E-state index contributed by atoms with van der Waals surface area (Å²) in [5, 5.41) is 15.1. The van der Waals surface area contributed by atoms with Crippen LogP contribution in [0.15, 0.2) is 30.5 Å². The van der Waals surface area contributed by atoms with E-state index in [1.165, 1.54) is 44.2 Å². The van der Waals surface area contributed by atoms with Crippen LogP contribution in [-0.4, -0.2) is 15.9 Å². The summed E-state index contributed by atoms with van der Waals surface area (Å²) in [6.45, 7) is 0. The Morgan fingerprint density at radius 3 is 2.57 bits per heavy atom. The van der Waals surface area contributed by atoms with Crippen LogP contribution >= 0.6 is 11.3 Å². The summed E-state index contributed by atoms with van der Waals surface area (Å²) >= 11 is 1.60. The summed E-state index contributed by atoms with van der Waals surface area (Å²) in [7, 11) is 0. The summed E-state index contributed by atoms with van der Waals surface area (Å²) in [6, 6.07) is 7.15. The van der Waals surface area contributed by atoms with Crippen molar-refractivity contribution in [2.24, 2.45) is 0 Å². The highest BCUT2D eigenvalue weighted by Gasteiger charge is 2.15. The van der Waals surface area contributed by atoms with E-state index in [9.17, 15) is 10.1 Å². The van der Waals surface area contributed by atoms with Crippen molar-refractivity contribution in [3.63, 3.8) is 0 Å². The van der Waals surface area contributed by atoms with Crippen molar-refractivity contribution >= 4 is 22.2 Å². The Kier molecular flexibility index (Phi) is 4.15. The smallest absolute Gasteiger partial charge is 0.269 e. The SMILES string of the molecule is O=[N+]([O-])c1ccc(-c2cnc(NC3CCCCC3)s2)cc1. The van der Waals surface area contributed by atoms with Gasteiger partial charge in [-0.2, -0.15) is 0 Å². The van der Waals surface area contributed by atoms with Crippen LogP contribution in [0.25, 0.3) is 10.4 Å². The minimum absolute atomic E-state index is 0.115. The summed E-state index contributed by atoms with van der Waals surface area (Å²) in [6.07, 6.45) is 8.18.